The lowest BCUT2D eigenvalue weighted by Gasteiger charge is -2.03. The zero-order chi connectivity index (χ0) is 13.1. The number of carbonyl (C=O) groups is 1. The van der Waals surface area contributed by atoms with E-state index in [4.69, 9.17) is 4.74 Å². The largest absolute Gasteiger partial charge is 0.497 e. The minimum absolute atomic E-state index is 0.0383. The van der Waals surface area contributed by atoms with Crippen LogP contribution >= 0.6 is 0 Å². The zero-order valence-electron chi connectivity index (χ0n) is 10.8. The first kappa shape index (κ1) is 12.4. The lowest BCUT2D eigenvalue weighted by Crippen LogP contribution is -2.08. The van der Waals surface area contributed by atoms with Gasteiger partial charge in [-0.1, -0.05) is 19.1 Å². The topological polar surface area (TPSA) is 44.1 Å². The fourth-order valence-electron chi connectivity index (χ4n) is 1.82. The number of ketones is 1. The Hall–Kier alpha value is -2.10. The average molecular weight is 244 g/mol. The van der Waals surface area contributed by atoms with Crippen molar-refractivity contribution in [3.05, 3.63) is 47.3 Å². The molecule has 1 heterocycles. The monoisotopic (exact) mass is 244 g/mol. The molecule has 18 heavy (non-hydrogen) atoms. The molecule has 0 bridgehead atoms. The number of methoxy groups -OCH3 is 1. The molecule has 1 aromatic carbocycles. The molecule has 1 aromatic heterocycles. The molecule has 4 nitrogen and oxygen atoms in total. The van der Waals surface area contributed by atoms with Gasteiger partial charge in [0.1, 0.15) is 11.4 Å². The van der Waals surface area contributed by atoms with Gasteiger partial charge in [-0.25, -0.2) is 0 Å². The van der Waals surface area contributed by atoms with Crippen LogP contribution in [0.2, 0.25) is 0 Å². The van der Waals surface area contributed by atoms with Gasteiger partial charge in [0, 0.05) is 12.6 Å². The van der Waals surface area contributed by atoms with E-state index in [1.165, 1.54) is 0 Å². The summed E-state index contributed by atoms with van der Waals surface area (Å²) < 4.78 is 6.75. The van der Waals surface area contributed by atoms with E-state index in [9.17, 15) is 4.79 Å². The van der Waals surface area contributed by atoms with Gasteiger partial charge in [0.05, 0.1) is 12.8 Å². The molecule has 0 aliphatic carbocycles. The van der Waals surface area contributed by atoms with E-state index in [1.807, 2.05) is 25.1 Å². The van der Waals surface area contributed by atoms with Crippen molar-refractivity contribution in [3.63, 3.8) is 0 Å². The van der Waals surface area contributed by atoms with Crippen molar-refractivity contribution in [2.45, 2.75) is 13.3 Å². The maximum absolute atomic E-state index is 12.3. The van der Waals surface area contributed by atoms with Crippen LogP contribution in [0.15, 0.2) is 30.3 Å². The highest BCUT2D eigenvalue weighted by Gasteiger charge is 2.15. The van der Waals surface area contributed by atoms with E-state index < -0.39 is 0 Å². The molecule has 0 fully saturated rings. The predicted octanol–water partition coefficient (Wildman–Crippen LogP) is 2.22. The second kappa shape index (κ2) is 5.04. The van der Waals surface area contributed by atoms with E-state index in [0.717, 1.165) is 12.1 Å². The molecule has 0 radical (unpaired) electrons. The van der Waals surface area contributed by atoms with E-state index in [2.05, 4.69) is 5.10 Å². The van der Waals surface area contributed by atoms with E-state index in [-0.39, 0.29) is 5.78 Å². The number of nitrogens with zero attached hydrogens (tertiary/aromatic N) is 2. The standard InChI is InChI=1S/C14H16N2O2/c1-4-11-9-13(16(2)15-11)14(17)10-6-5-7-12(8-10)18-3/h5-9H,4H2,1-3H3. The number of carbonyl (C=O) groups excluding carboxylic acids is 1. The van der Waals surface area contributed by atoms with Gasteiger partial charge < -0.3 is 4.74 Å². The van der Waals surface area contributed by atoms with Gasteiger partial charge in [-0.3, -0.25) is 9.48 Å². The maximum Gasteiger partial charge on any atom is 0.211 e. The molecule has 0 unspecified atom stereocenters. The summed E-state index contributed by atoms with van der Waals surface area (Å²) in [5, 5.41) is 4.28. The molecule has 0 saturated carbocycles. The minimum Gasteiger partial charge on any atom is -0.497 e. The van der Waals surface area contributed by atoms with Crippen molar-refractivity contribution in [1.82, 2.24) is 9.78 Å². The molecule has 4 heteroatoms. The highest BCUT2D eigenvalue weighted by atomic mass is 16.5. The Morgan fingerprint density at radius 3 is 2.78 bits per heavy atom. The Bertz CT molecular complexity index is 573. The molecular weight excluding hydrogens is 228 g/mol. The molecule has 0 atom stereocenters. The molecule has 94 valence electrons. The summed E-state index contributed by atoms with van der Waals surface area (Å²) in [5.41, 5.74) is 2.13. The van der Waals surface area contributed by atoms with Crippen LogP contribution in [0.4, 0.5) is 0 Å². The molecule has 0 amide bonds. The van der Waals surface area contributed by atoms with Crippen molar-refractivity contribution in [2.75, 3.05) is 7.11 Å². The van der Waals surface area contributed by atoms with Crippen LogP contribution in [-0.2, 0) is 13.5 Å². The van der Waals surface area contributed by atoms with Gasteiger partial charge in [-0.05, 0) is 24.6 Å². The van der Waals surface area contributed by atoms with Crippen molar-refractivity contribution in [1.29, 1.82) is 0 Å². The minimum atomic E-state index is -0.0383. The molecule has 0 aliphatic heterocycles. The second-order valence-corrected chi connectivity index (χ2v) is 4.06. The molecule has 0 aliphatic rings. The van der Waals surface area contributed by atoms with Gasteiger partial charge in [-0.2, -0.15) is 5.10 Å². The summed E-state index contributed by atoms with van der Waals surface area (Å²) in [6.07, 6.45) is 0.819. The summed E-state index contributed by atoms with van der Waals surface area (Å²) in [5.74, 6) is 0.641. The Morgan fingerprint density at radius 1 is 1.39 bits per heavy atom. The molecule has 0 spiro atoms. The number of ether oxygens (including phenoxy) is 1. The number of hydrogen-bond donors (Lipinski definition) is 0. The first-order valence-electron chi connectivity index (χ1n) is 5.87. The van der Waals surface area contributed by atoms with Crippen LogP contribution in [-0.4, -0.2) is 22.7 Å². The van der Waals surface area contributed by atoms with E-state index in [1.54, 1.807) is 31.0 Å². The number of benzene rings is 1. The number of aromatic nitrogens is 2. The predicted molar refractivity (Wildman–Crippen MR) is 69.0 cm³/mol. The van der Waals surface area contributed by atoms with Crippen LogP contribution in [0.5, 0.6) is 5.75 Å². The van der Waals surface area contributed by atoms with E-state index in [0.29, 0.717) is 17.0 Å². The van der Waals surface area contributed by atoms with Crippen LogP contribution in [0.1, 0.15) is 28.7 Å². The molecule has 0 saturated heterocycles. The van der Waals surface area contributed by atoms with E-state index >= 15 is 0 Å². The second-order valence-electron chi connectivity index (χ2n) is 4.06. The lowest BCUT2D eigenvalue weighted by atomic mass is 10.1. The average Bonchev–Trinajstić information content (AvgIpc) is 2.79. The number of hydrogen-bond acceptors (Lipinski definition) is 3. The maximum atomic E-state index is 12.3. The smallest absolute Gasteiger partial charge is 0.211 e. The first-order chi connectivity index (χ1) is 8.65. The summed E-state index contributed by atoms with van der Waals surface area (Å²) in [6.45, 7) is 2.02. The van der Waals surface area contributed by atoms with Gasteiger partial charge >= 0.3 is 0 Å². The van der Waals surface area contributed by atoms with Crippen LogP contribution in [0, 0.1) is 0 Å². The van der Waals surface area contributed by atoms with Crippen molar-refractivity contribution >= 4 is 5.78 Å². The van der Waals surface area contributed by atoms with Gasteiger partial charge in [0.2, 0.25) is 5.78 Å². The highest BCUT2D eigenvalue weighted by molar-refractivity contribution is 6.08. The third-order valence-electron chi connectivity index (χ3n) is 2.86. The summed E-state index contributed by atoms with van der Waals surface area (Å²) in [4.78, 5) is 12.3. The Labute approximate surface area is 106 Å². The lowest BCUT2D eigenvalue weighted by molar-refractivity contribution is 0.103. The Balaban J connectivity index is 2.37. The zero-order valence-corrected chi connectivity index (χ0v) is 10.8. The fraction of sp³-hybridized carbons (Fsp3) is 0.286. The van der Waals surface area contributed by atoms with Crippen molar-refractivity contribution < 1.29 is 9.53 Å². The number of aryl methyl sites for hydroxylation is 2. The normalized spacial score (nSPS) is 10.4. The third-order valence-corrected chi connectivity index (χ3v) is 2.86. The van der Waals surface area contributed by atoms with Gasteiger partial charge in [-0.15, -0.1) is 0 Å². The van der Waals surface area contributed by atoms with Gasteiger partial charge in [0.25, 0.3) is 0 Å². The SMILES string of the molecule is CCc1cc(C(=O)c2cccc(OC)c2)n(C)n1. The fourth-order valence-corrected chi connectivity index (χ4v) is 1.82. The Kier molecular flexibility index (Phi) is 3.46. The number of rotatable bonds is 4. The third kappa shape index (κ3) is 2.27. The van der Waals surface area contributed by atoms with Crippen LogP contribution in [0.3, 0.4) is 0 Å². The summed E-state index contributed by atoms with van der Waals surface area (Å²) >= 11 is 0. The molecule has 2 aromatic rings. The quantitative estimate of drug-likeness (QED) is 0.775. The molecule has 0 N–H and O–H groups in total. The molecular formula is C14H16N2O2. The first-order valence-corrected chi connectivity index (χ1v) is 5.87. The van der Waals surface area contributed by atoms with Crippen LogP contribution < -0.4 is 4.74 Å². The molecule has 2 rings (SSSR count). The van der Waals surface area contributed by atoms with Gasteiger partial charge in [0.15, 0.2) is 0 Å². The summed E-state index contributed by atoms with van der Waals surface area (Å²) in [7, 11) is 3.37. The highest BCUT2D eigenvalue weighted by Crippen LogP contribution is 2.16. The van der Waals surface area contributed by atoms with Crippen LogP contribution in [0.25, 0.3) is 0 Å². The van der Waals surface area contributed by atoms with Crippen molar-refractivity contribution in [3.8, 4) is 5.75 Å². The Morgan fingerprint density at radius 2 is 2.17 bits per heavy atom. The van der Waals surface area contributed by atoms with Crippen molar-refractivity contribution in [2.24, 2.45) is 7.05 Å². The summed E-state index contributed by atoms with van der Waals surface area (Å²) in [6, 6.07) is 8.98.